The summed E-state index contributed by atoms with van der Waals surface area (Å²) in [5.41, 5.74) is 9.11. The molecule has 0 saturated heterocycles. The van der Waals surface area contributed by atoms with Crippen LogP contribution in [0.2, 0.25) is 0 Å². The summed E-state index contributed by atoms with van der Waals surface area (Å²) in [6, 6.07) is 0. The minimum Gasteiger partial charge on any atom is -0.369 e. The summed E-state index contributed by atoms with van der Waals surface area (Å²) in [5, 5.41) is 0. The highest BCUT2D eigenvalue weighted by molar-refractivity contribution is 5.95. The Hall–Kier alpha value is -1.06. The molecule has 0 aromatic heterocycles. The van der Waals surface area contributed by atoms with Gasteiger partial charge in [-0.25, -0.2) is 0 Å². The smallest absolute Gasteiger partial charge is 0.226 e. The summed E-state index contributed by atoms with van der Waals surface area (Å²) >= 11 is 0. The molecule has 0 aromatic carbocycles. The second kappa shape index (κ2) is 2.17. The number of carbonyl (C=O) groups is 2. The van der Waals surface area contributed by atoms with Crippen molar-refractivity contribution in [1.29, 1.82) is 0 Å². The van der Waals surface area contributed by atoms with Crippen LogP contribution in [0.4, 0.5) is 0 Å². The maximum atomic E-state index is 9.73. The summed E-state index contributed by atoms with van der Waals surface area (Å²) in [6.07, 6.45) is -0.361. The van der Waals surface area contributed by atoms with Crippen LogP contribution in [0, 0.1) is 0 Å². The Bertz CT molecular complexity index is 87.1. The predicted octanol–water partition coefficient (Wildman–Crippen LogP) is -1.65. The fourth-order valence-electron chi connectivity index (χ4n) is 0.172. The van der Waals surface area contributed by atoms with Crippen molar-refractivity contribution in [1.82, 2.24) is 0 Å². The van der Waals surface area contributed by atoms with E-state index in [4.69, 9.17) is 0 Å². The molecule has 0 aromatic rings. The lowest BCUT2D eigenvalue weighted by atomic mass is 10.4. The lowest BCUT2D eigenvalue weighted by Gasteiger charge is -1.82. The second-order valence-electron chi connectivity index (χ2n) is 1.11. The van der Waals surface area contributed by atoms with Gasteiger partial charge in [0.1, 0.15) is 6.42 Å². The van der Waals surface area contributed by atoms with Crippen LogP contribution < -0.4 is 11.5 Å². The number of amides is 2. The summed E-state index contributed by atoms with van der Waals surface area (Å²) < 4.78 is 0. The van der Waals surface area contributed by atoms with Gasteiger partial charge < -0.3 is 11.5 Å². The number of hydrogen-bond donors (Lipinski definition) is 2. The highest BCUT2D eigenvalue weighted by Crippen LogP contribution is 1.68. The largest absolute Gasteiger partial charge is 0.369 e. The standard InChI is InChI=1S/C3H6N2O2/c4-2(6)1-3(5)7/h1H2,(H2,4,6)(H2,5,7)/i4+1,5+1. The summed E-state index contributed by atoms with van der Waals surface area (Å²) in [7, 11) is 0. The topological polar surface area (TPSA) is 86.2 Å². The molecule has 0 aliphatic rings. The molecule has 0 fully saturated rings. The molecule has 0 bridgehead atoms. The fourth-order valence-corrected chi connectivity index (χ4v) is 0.172. The molecule has 0 saturated carbocycles. The van der Waals surface area contributed by atoms with E-state index in [0.29, 0.717) is 0 Å². The lowest BCUT2D eigenvalue weighted by molar-refractivity contribution is -0.125. The minimum atomic E-state index is -0.687. The number of nitrogens with two attached hydrogens (primary N) is 2. The highest BCUT2D eigenvalue weighted by Gasteiger charge is 1.96. The summed E-state index contributed by atoms with van der Waals surface area (Å²) in [5.74, 6) is -1.37. The molecule has 0 aliphatic heterocycles. The van der Waals surface area contributed by atoms with E-state index in [2.05, 4.69) is 11.5 Å². The average Bonchev–Trinajstić information content (AvgIpc) is 1.27. The van der Waals surface area contributed by atoms with Crippen molar-refractivity contribution in [2.45, 2.75) is 6.42 Å². The van der Waals surface area contributed by atoms with Crippen molar-refractivity contribution >= 4 is 11.8 Å². The Morgan fingerprint density at radius 2 is 1.43 bits per heavy atom. The van der Waals surface area contributed by atoms with Gasteiger partial charge in [0.2, 0.25) is 11.8 Å². The van der Waals surface area contributed by atoms with E-state index in [1.807, 2.05) is 0 Å². The molecule has 0 spiro atoms. The van der Waals surface area contributed by atoms with Gasteiger partial charge in [0, 0.05) is 0 Å². The molecule has 0 unspecified atom stereocenters. The number of hydrogen-bond acceptors (Lipinski definition) is 2. The first-order chi connectivity index (χ1) is 3.13. The van der Waals surface area contributed by atoms with E-state index < -0.39 is 11.8 Å². The zero-order valence-electron chi connectivity index (χ0n) is 3.68. The van der Waals surface area contributed by atoms with Crippen LogP contribution in [0.1, 0.15) is 6.42 Å². The van der Waals surface area contributed by atoms with Crippen molar-refractivity contribution in [3.63, 3.8) is 0 Å². The van der Waals surface area contributed by atoms with Crippen LogP contribution in [0.15, 0.2) is 0 Å². The first-order valence-electron chi connectivity index (χ1n) is 1.69. The fraction of sp³-hybridized carbons (Fsp3) is 0.333. The first-order valence-corrected chi connectivity index (χ1v) is 1.69. The number of primary amides is 2. The second-order valence-corrected chi connectivity index (χ2v) is 1.11. The molecule has 40 valence electrons. The molecule has 2 amide bonds. The molecule has 4 N–H and O–H groups in total. The number of rotatable bonds is 2. The van der Waals surface area contributed by atoms with E-state index >= 15 is 0 Å². The van der Waals surface area contributed by atoms with Crippen LogP contribution in [0.5, 0.6) is 0 Å². The van der Waals surface area contributed by atoms with Crippen LogP contribution in [-0.2, 0) is 9.59 Å². The molecule has 4 heteroatoms. The maximum absolute atomic E-state index is 9.73. The Morgan fingerprint density at radius 3 is 1.43 bits per heavy atom. The van der Waals surface area contributed by atoms with Gasteiger partial charge in [-0.2, -0.15) is 0 Å². The van der Waals surface area contributed by atoms with Gasteiger partial charge in [0.05, 0.1) is 0 Å². The van der Waals surface area contributed by atoms with Gasteiger partial charge in [-0.05, 0) is 0 Å². The highest BCUT2D eigenvalue weighted by atomic mass is 16.2. The maximum Gasteiger partial charge on any atom is 0.226 e. The normalized spacial score (nSPS) is 8.00. The molecular formula is C3H6N2O2. The van der Waals surface area contributed by atoms with Crippen molar-refractivity contribution < 1.29 is 9.59 Å². The Kier molecular flexibility index (Phi) is 1.84. The van der Waals surface area contributed by atoms with Gasteiger partial charge >= 0.3 is 0 Å². The Balaban J connectivity index is 3.32. The van der Waals surface area contributed by atoms with Crippen molar-refractivity contribution in [3.8, 4) is 0 Å². The monoisotopic (exact) mass is 104 g/mol. The minimum absolute atomic E-state index is 0.361. The van der Waals surface area contributed by atoms with Crippen LogP contribution in [0.25, 0.3) is 0 Å². The molecular weight excluding hydrogens is 98.0 g/mol. The summed E-state index contributed by atoms with van der Waals surface area (Å²) in [6.45, 7) is 0. The van der Waals surface area contributed by atoms with Gasteiger partial charge in [0.15, 0.2) is 0 Å². The van der Waals surface area contributed by atoms with Gasteiger partial charge in [-0.1, -0.05) is 0 Å². The van der Waals surface area contributed by atoms with E-state index in [-0.39, 0.29) is 6.42 Å². The van der Waals surface area contributed by atoms with E-state index in [9.17, 15) is 9.59 Å². The zero-order valence-corrected chi connectivity index (χ0v) is 3.68. The molecule has 0 rings (SSSR count). The SMILES string of the molecule is [15NH2]C(=O)CC([15NH2])=O. The lowest BCUT2D eigenvalue weighted by Crippen LogP contribution is -2.21. The van der Waals surface area contributed by atoms with Crippen molar-refractivity contribution in [2.24, 2.45) is 11.5 Å². The molecule has 0 heterocycles. The van der Waals surface area contributed by atoms with Gasteiger partial charge in [-0.3, -0.25) is 9.59 Å². The first kappa shape index (κ1) is 5.94. The molecule has 0 atom stereocenters. The third-order valence-corrected chi connectivity index (χ3v) is 0.348. The Labute approximate surface area is 40.5 Å². The van der Waals surface area contributed by atoms with E-state index in [1.165, 1.54) is 0 Å². The molecule has 0 radical (unpaired) electrons. The Morgan fingerprint density at radius 1 is 1.14 bits per heavy atom. The zero-order chi connectivity index (χ0) is 5.86. The van der Waals surface area contributed by atoms with Crippen LogP contribution in [-0.4, -0.2) is 11.8 Å². The van der Waals surface area contributed by atoms with E-state index in [0.717, 1.165) is 0 Å². The van der Waals surface area contributed by atoms with Gasteiger partial charge in [-0.15, -0.1) is 0 Å². The molecule has 7 heavy (non-hydrogen) atoms. The summed E-state index contributed by atoms with van der Waals surface area (Å²) in [4.78, 5) is 19.5. The molecule has 0 aliphatic carbocycles. The molecule has 4 nitrogen and oxygen atoms in total. The number of carbonyl (C=O) groups excluding carboxylic acids is 2. The average molecular weight is 104 g/mol. The quantitative estimate of drug-likeness (QED) is 0.324. The van der Waals surface area contributed by atoms with Crippen LogP contribution >= 0.6 is 0 Å². The third-order valence-electron chi connectivity index (χ3n) is 0.348. The van der Waals surface area contributed by atoms with Crippen LogP contribution in [0.3, 0.4) is 0 Å². The van der Waals surface area contributed by atoms with E-state index in [1.54, 1.807) is 0 Å². The predicted molar refractivity (Wildman–Crippen MR) is 23.0 cm³/mol. The van der Waals surface area contributed by atoms with Crippen molar-refractivity contribution in [3.05, 3.63) is 0 Å². The van der Waals surface area contributed by atoms with Crippen molar-refractivity contribution in [2.75, 3.05) is 0 Å². The van der Waals surface area contributed by atoms with Gasteiger partial charge in [0.25, 0.3) is 0 Å². The third kappa shape index (κ3) is 4.94.